The van der Waals surface area contributed by atoms with Gasteiger partial charge >= 0.3 is 6.03 Å². The van der Waals surface area contributed by atoms with E-state index in [1.165, 1.54) is 0 Å². The van der Waals surface area contributed by atoms with Gasteiger partial charge in [-0.3, -0.25) is 10.3 Å². The number of rotatable bonds is 4. The molecule has 144 valence electrons. The first-order chi connectivity index (χ1) is 13.2. The van der Waals surface area contributed by atoms with Crippen molar-refractivity contribution in [2.45, 2.75) is 44.7 Å². The Hall–Kier alpha value is -2.38. The highest BCUT2D eigenvalue weighted by Gasteiger charge is 2.35. The number of hydrogen-bond acceptors (Lipinski definition) is 5. The normalized spacial score (nSPS) is 25.3. The van der Waals surface area contributed by atoms with Crippen molar-refractivity contribution < 1.29 is 9.53 Å². The van der Waals surface area contributed by atoms with Crippen molar-refractivity contribution in [1.29, 1.82) is 0 Å². The number of hydrogen-bond donors (Lipinski definition) is 3. The van der Waals surface area contributed by atoms with Gasteiger partial charge < -0.3 is 20.3 Å². The fourth-order valence-corrected chi connectivity index (χ4v) is 3.79. The summed E-state index contributed by atoms with van der Waals surface area (Å²) in [6, 6.07) is 10.3. The van der Waals surface area contributed by atoms with E-state index >= 15 is 0 Å². The molecule has 27 heavy (non-hydrogen) atoms. The van der Waals surface area contributed by atoms with E-state index in [0.29, 0.717) is 19.1 Å². The van der Waals surface area contributed by atoms with Gasteiger partial charge in [-0.25, -0.2) is 4.79 Å². The van der Waals surface area contributed by atoms with E-state index in [1.54, 1.807) is 0 Å². The molecule has 7 nitrogen and oxygen atoms in total. The summed E-state index contributed by atoms with van der Waals surface area (Å²) in [6.07, 6.45) is 3.79. The molecular formula is C20H27N5O2. The van der Waals surface area contributed by atoms with Crippen molar-refractivity contribution in [2.24, 2.45) is 4.99 Å². The number of benzene rings is 1. The highest BCUT2D eigenvalue weighted by atomic mass is 16.5. The molecule has 0 radical (unpaired) electrons. The van der Waals surface area contributed by atoms with Crippen molar-refractivity contribution in [2.75, 3.05) is 19.8 Å². The van der Waals surface area contributed by atoms with E-state index in [1.807, 2.05) is 48.4 Å². The second-order valence-corrected chi connectivity index (χ2v) is 7.26. The van der Waals surface area contributed by atoms with Crippen LogP contribution in [0.4, 0.5) is 4.79 Å². The minimum absolute atomic E-state index is 0.0102. The standard InChI is InChI=1S/C20H27N5O2/c1-14-17-12-21-19(23-16-7-9-27-10-8-16)24-18(17)13-25(14)20(26)22-11-15-5-3-2-4-6-15/h2-6,12,14,16,19,23-24H,7-11,13H2,1H3,(H,22,26)/t14-,19?/m1/s1. The quantitative estimate of drug-likeness (QED) is 0.753. The monoisotopic (exact) mass is 369 g/mol. The van der Waals surface area contributed by atoms with Crippen LogP contribution in [-0.4, -0.2) is 55.3 Å². The topological polar surface area (TPSA) is 78.0 Å². The van der Waals surface area contributed by atoms with E-state index < -0.39 is 0 Å². The van der Waals surface area contributed by atoms with Gasteiger partial charge in [0.15, 0.2) is 6.29 Å². The van der Waals surface area contributed by atoms with Crippen molar-refractivity contribution in [3.63, 3.8) is 0 Å². The second-order valence-electron chi connectivity index (χ2n) is 7.26. The molecule has 1 unspecified atom stereocenters. The smallest absolute Gasteiger partial charge is 0.318 e. The number of amides is 2. The zero-order valence-corrected chi connectivity index (χ0v) is 15.6. The average Bonchev–Trinajstić information content (AvgIpc) is 3.04. The molecule has 3 N–H and O–H groups in total. The summed E-state index contributed by atoms with van der Waals surface area (Å²) >= 11 is 0. The Morgan fingerprint density at radius 1 is 1.30 bits per heavy atom. The lowest BCUT2D eigenvalue weighted by Crippen LogP contribution is -2.49. The van der Waals surface area contributed by atoms with Crippen molar-refractivity contribution in [3.05, 3.63) is 47.2 Å². The lowest BCUT2D eigenvalue weighted by atomic mass is 10.1. The summed E-state index contributed by atoms with van der Waals surface area (Å²) in [7, 11) is 0. The number of aliphatic imine (C=N–C) groups is 1. The summed E-state index contributed by atoms with van der Waals surface area (Å²) in [6.45, 7) is 4.76. The van der Waals surface area contributed by atoms with Gasteiger partial charge in [0.25, 0.3) is 0 Å². The Bertz CT molecular complexity index is 727. The third kappa shape index (κ3) is 4.14. The van der Waals surface area contributed by atoms with Crippen LogP contribution >= 0.6 is 0 Å². The Morgan fingerprint density at radius 2 is 2.07 bits per heavy atom. The predicted molar refractivity (Wildman–Crippen MR) is 104 cm³/mol. The zero-order chi connectivity index (χ0) is 18.6. The number of urea groups is 1. The molecule has 1 fully saturated rings. The van der Waals surface area contributed by atoms with Crippen LogP contribution in [0.5, 0.6) is 0 Å². The molecule has 3 aliphatic heterocycles. The molecule has 1 aromatic carbocycles. The molecule has 3 heterocycles. The molecule has 1 aromatic rings. The van der Waals surface area contributed by atoms with Crippen LogP contribution in [0.25, 0.3) is 0 Å². The molecule has 0 saturated carbocycles. The van der Waals surface area contributed by atoms with Crippen LogP contribution in [0, 0.1) is 0 Å². The van der Waals surface area contributed by atoms with E-state index in [9.17, 15) is 4.79 Å². The van der Waals surface area contributed by atoms with E-state index in [-0.39, 0.29) is 18.4 Å². The summed E-state index contributed by atoms with van der Waals surface area (Å²) in [4.78, 5) is 19.1. The molecule has 0 bridgehead atoms. The van der Waals surface area contributed by atoms with Gasteiger partial charge in [-0.2, -0.15) is 0 Å². The number of carbonyl (C=O) groups is 1. The lowest BCUT2D eigenvalue weighted by molar-refractivity contribution is 0.0742. The average molecular weight is 369 g/mol. The maximum atomic E-state index is 12.7. The predicted octanol–water partition coefficient (Wildman–Crippen LogP) is 1.58. The largest absolute Gasteiger partial charge is 0.381 e. The first kappa shape index (κ1) is 18.0. The van der Waals surface area contributed by atoms with Crippen LogP contribution in [0.2, 0.25) is 0 Å². The fourth-order valence-electron chi connectivity index (χ4n) is 3.79. The lowest BCUT2D eigenvalue weighted by Gasteiger charge is -2.29. The zero-order valence-electron chi connectivity index (χ0n) is 15.6. The second kappa shape index (κ2) is 8.10. The third-order valence-electron chi connectivity index (χ3n) is 5.43. The maximum Gasteiger partial charge on any atom is 0.318 e. The molecule has 1 saturated heterocycles. The van der Waals surface area contributed by atoms with Crippen molar-refractivity contribution in [1.82, 2.24) is 20.9 Å². The highest BCUT2D eigenvalue weighted by Crippen LogP contribution is 2.24. The molecule has 7 heteroatoms. The van der Waals surface area contributed by atoms with Gasteiger partial charge in [0.2, 0.25) is 0 Å². The first-order valence-electron chi connectivity index (χ1n) is 9.65. The Morgan fingerprint density at radius 3 is 2.85 bits per heavy atom. The summed E-state index contributed by atoms with van der Waals surface area (Å²) in [5.74, 6) is 0. The fraction of sp³-hybridized carbons (Fsp3) is 0.500. The van der Waals surface area contributed by atoms with Gasteiger partial charge in [0.05, 0.1) is 12.6 Å². The molecule has 0 aromatic heterocycles. The summed E-state index contributed by atoms with van der Waals surface area (Å²) in [5.41, 5.74) is 3.27. The Balaban J connectivity index is 1.31. The minimum Gasteiger partial charge on any atom is -0.381 e. The molecular weight excluding hydrogens is 342 g/mol. The Labute approximate surface area is 159 Å². The number of nitrogens with zero attached hydrogens (tertiary/aromatic N) is 2. The van der Waals surface area contributed by atoms with E-state index in [0.717, 1.165) is 42.9 Å². The van der Waals surface area contributed by atoms with Gasteiger partial charge in [-0.15, -0.1) is 0 Å². The van der Waals surface area contributed by atoms with Gasteiger partial charge in [0.1, 0.15) is 0 Å². The summed E-state index contributed by atoms with van der Waals surface area (Å²) in [5, 5.41) is 10.0. The van der Waals surface area contributed by atoms with Crippen LogP contribution in [0.3, 0.4) is 0 Å². The molecule has 3 aliphatic rings. The van der Waals surface area contributed by atoms with Crippen molar-refractivity contribution >= 4 is 12.2 Å². The third-order valence-corrected chi connectivity index (χ3v) is 5.43. The number of nitrogens with one attached hydrogen (secondary N) is 3. The van der Waals surface area contributed by atoms with Gasteiger partial charge in [-0.05, 0) is 25.3 Å². The van der Waals surface area contributed by atoms with Crippen LogP contribution in [-0.2, 0) is 11.3 Å². The minimum atomic E-state index is -0.133. The highest BCUT2D eigenvalue weighted by molar-refractivity contribution is 5.87. The summed E-state index contributed by atoms with van der Waals surface area (Å²) < 4.78 is 5.41. The molecule has 2 amide bonds. The molecule has 2 atom stereocenters. The van der Waals surface area contributed by atoms with E-state index in [4.69, 9.17) is 4.74 Å². The van der Waals surface area contributed by atoms with Crippen LogP contribution in [0.1, 0.15) is 25.3 Å². The van der Waals surface area contributed by atoms with Crippen LogP contribution in [0.15, 0.2) is 46.6 Å². The molecule has 4 rings (SSSR count). The van der Waals surface area contributed by atoms with Crippen molar-refractivity contribution in [3.8, 4) is 0 Å². The van der Waals surface area contributed by atoms with Crippen LogP contribution < -0.4 is 16.0 Å². The number of ether oxygens (including phenoxy) is 1. The SMILES string of the molecule is C[C@@H]1C2=C(CN1C(=O)NCc1ccccc1)NC(NC1CCOCC1)N=C2. The van der Waals surface area contributed by atoms with E-state index in [2.05, 4.69) is 20.9 Å². The van der Waals surface area contributed by atoms with Gasteiger partial charge in [0, 0.05) is 43.3 Å². The number of carbonyl (C=O) groups excluding carboxylic acids is 1. The first-order valence-corrected chi connectivity index (χ1v) is 9.65. The Kier molecular flexibility index (Phi) is 5.40. The molecule has 0 spiro atoms. The molecule has 0 aliphatic carbocycles. The maximum absolute atomic E-state index is 12.7. The van der Waals surface area contributed by atoms with Gasteiger partial charge in [-0.1, -0.05) is 30.3 Å².